The smallest absolute Gasteiger partial charge is 0.264 e. The Morgan fingerprint density at radius 1 is 1.00 bits per heavy atom. The minimum Gasteiger partial charge on any atom is -0.321 e. The zero-order valence-electron chi connectivity index (χ0n) is 19.3. The fourth-order valence-electron chi connectivity index (χ4n) is 4.01. The summed E-state index contributed by atoms with van der Waals surface area (Å²) in [7, 11) is 0. The van der Waals surface area contributed by atoms with Crippen molar-refractivity contribution in [2.45, 2.75) is 54.1 Å². The summed E-state index contributed by atoms with van der Waals surface area (Å²) in [4.78, 5) is 17.2. The largest absolute Gasteiger partial charge is 0.321 e. The van der Waals surface area contributed by atoms with Crippen LogP contribution in [0.5, 0.6) is 0 Å². The molecule has 0 aliphatic carbocycles. The normalized spacial score (nSPS) is 11.5. The Bertz CT molecular complexity index is 1340. The maximum atomic E-state index is 13.5. The summed E-state index contributed by atoms with van der Waals surface area (Å²) in [5.41, 5.74) is 5.48. The van der Waals surface area contributed by atoms with Crippen molar-refractivity contribution in [3.8, 4) is 0 Å². The van der Waals surface area contributed by atoms with Gasteiger partial charge in [-0.15, -0.1) is 0 Å². The Hall–Kier alpha value is -3.62. The Kier molecular flexibility index (Phi) is 5.97. The Labute approximate surface area is 190 Å². The van der Waals surface area contributed by atoms with Gasteiger partial charge in [0, 0.05) is 11.3 Å². The number of hydrogen-bond acceptors (Lipinski definition) is 4. The molecule has 9 heteroatoms. The van der Waals surface area contributed by atoms with Crippen molar-refractivity contribution in [1.82, 2.24) is 24.5 Å². The average Bonchev–Trinajstić information content (AvgIpc) is 3.19. The number of nitrogens with zero attached hydrogens (tertiary/aromatic N) is 5. The summed E-state index contributed by atoms with van der Waals surface area (Å²) < 4.78 is 30.3. The van der Waals surface area contributed by atoms with E-state index in [1.165, 1.54) is 16.3 Å². The molecular formula is C24H26F2N6O. The van der Waals surface area contributed by atoms with E-state index in [2.05, 4.69) is 44.8 Å². The van der Waals surface area contributed by atoms with Crippen molar-refractivity contribution >= 4 is 22.6 Å². The highest BCUT2D eigenvalue weighted by Crippen LogP contribution is 2.30. The Balaban J connectivity index is 1.57. The number of carbonyl (C=O) groups is 1. The van der Waals surface area contributed by atoms with Crippen molar-refractivity contribution in [2.24, 2.45) is 0 Å². The van der Waals surface area contributed by atoms with Gasteiger partial charge in [-0.05, 0) is 46.2 Å². The number of pyridine rings is 1. The van der Waals surface area contributed by atoms with Gasteiger partial charge in [0.1, 0.15) is 6.54 Å². The van der Waals surface area contributed by atoms with E-state index in [1.807, 2.05) is 25.5 Å². The number of alkyl halides is 2. The van der Waals surface area contributed by atoms with Gasteiger partial charge in [-0.2, -0.15) is 10.2 Å². The first-order chi connectivity index (χ1) is 15.6. The number of amides is 1. The number of rotatable bonds is 6. The standard InChI is InChI=1S/C24H26F2N6O/c1-13-6-8-18(9-7-13)11-31-17(5)22(16(4)30-31)28-20(33)12-32-24-21(15(3)29-32)19(23(25)26)10-14(2)27-24/h6-10,23H,11-12H2,1-5H3,(H,28,33). The number of hydrogen-bond donors (Lipinski definition) is 1. The lowest BCUT2D eigenvalue weighted by atomic mass is 10.1. The minimum atomic E-state index is -2.65. The number of benzene rings is 1. The number of fused-ring (bicyclic) bond motifs is 1. The molecule has 172 valence electrons. The molecule has 33 heavy (non-hydrogen) atoms. The molecule has 0 spiro atoms. The molecule has 0 aliphatic heterocycles. The van der Waals surface area contributed by atoms with Crippen molar-refractivity contribution in [3.05, 3.63) is 69.8 Å². The predicted octanol–water partition coefficient (Wildman–Crippen LogP) is 4.79. The molecule has 0 saturated heterocycles. The minimum absolute atomic E-state index is 0.120. The monoisotopic (exact) mass is 452 g/mol. The average molecular weight is 453 g/mol. The SMILES string of the molecule is Cc1ccc(Cn2nc(C)c(NC(=O)Cn3nc(C)c4c(C(F)F)cc(C)nc43)c2C)cc1. The number of anilines is 1. The topological polar surface area (TPSA) is 77.6 Å². The lowest BCUT2D eigenvalue weighted by Gasteiger charge is -2.09. The van der Waals surface area contributed by atoms with Crippen LogP contribution >= 0.6 is 0 Å². The van der Waals surface area contributed by atoms with Crippen LogP contribution in [0.25, 0.3) is 11.0 Å². The molecule has 7 nitrogen and oxygen atoms in total. The van der Waals surface area contributed by atoms with Crippen LogP contribution in [-0.4, -0.2) is 30.5 Å². The number of aromatic nitrogens is 5. The summed E-state index contributed by atoms with van der Waals surface area (Å²) in [6.07, 6.45) is -2.65. The van der Waals surface area contributed by atoms with Gasteiger partial charge >= 0.3 is 0 Å². The predicted molar refractivity (Wildman–Crippen MR) is 123 cm³/mol. The van der Waals surface area contributed by atoms with E-state index in [-0.39, 0.29) is 23.7 Å². The molecule has 3 aromatic heterocycles. The second kappa shape index (κ2) is 8.73. The molecular weight excluding hydrogens is 426 g/mol. The first-order valence-corrected chi connectivity index (χ1v) is 10.7. The fraction of sp³-hybridized carbons (Fsp3) is 0.333. The molecule has 0 saturated carbocycles. The second-order valence-electron chi connectivity index (χ2n) is 8.33. The molecule has 1 amide bonds. The number of aryl methyl sites for hydroxylation is 4. The van der Waals surface area contributed by atoms with E-state index in [0.717, 1.165) is 11.3 Å². The van der Waals surface area contributed by atoms with Crippen molar-refractivity contribution < 1.29 is 13.6 Å². The maximum Gasteiger partial charge on any atom is 0.264 e. The van der Waals surface area contributed by atoms with Crippen molar-refractivity contribution in [1.29, 1.82) is 0 Å². The molecule has 0 aliphatic rings. The molecule has 0 fully saturated rings. The van der Waals surface area contributed by atoms with Gasteiger partial charge in [0.05, 0.1) is 34.7 Å². The molecule has 0 radical (unpaired) electrons. The van der Waals surface area contributed by atoms with Crippen LogP contribution in [0.3, 0.4) is 0 Å². The lowest BCUT2D eigenvalue weighted by Crippen LogP contribution is -2.20. The molecule has 0 unspecified atom stereocenters. The summed E-state index contributed by atoms with van der Waals surface area (Å²) in [6, 6.07) is 9.57. The van der Waals surface area contributed by atoms with E-state index >= 15 is 0 Å². The van der Waals surface area contributed by atoms with Gasteiger partial charge in [-0.1, -0.05) is 29.8 Å². The lowest BCUT2D eigenvalue weighted by molar-refractivity contribution is -0.116. The molecule has 0 atom stereocenters. The second-order valence-corrected chi connectivity index (χ2v) is 8.33. The fourth-order valence-corrected chi connectivity index (χ4v) is 4.01. The van der Waals surface area contributed by atoms with Crippen LogP contribution in [0, 0.1) is 34.6 Å². The van der Waals surface area contributed by atoms with E-state index in [9.17, 15) is 13.6 Å². The number of halogens is 2. The third kappa shape index (κ3) is 4.48. The molecule has 3 heterocycles. The summed E-state index contributed by atoms with van der Waals surface area (Å²) in [5.74, 6) is -0.331. The maximum absolute atomic E-state index is 13.5. The van der Waals surface area contributed by atoms with E-state index < -0.39 is 6.43 Å². The van der Waals surface area contributed by atoms with Crippen molar-refractivity contribution in [3.63, 3.8) is 0 Å². The highest BCUT2D eigenvalue weighted by Gasteiger charge is 2.21. The van der Waals surface area contributed by atoms with Crippen molar-refractivity contribution in [2.75, 3.05) is 5.32 Å². The zero-order chi connectivity index (χ0) is 23.9. The van der Waals surface area contributed by atoms with Gasteiger partial charge in [-0.25, -0.2) is 18.4 Å². The Morgan fingerprint density at radius 3 is 2.33 bits per heavy atom. The highest BCUT2D eigenvalue weighted by atomic mass is 19.3. The molecule has 1 N–H and O–H groups in total. The zero-order valence-corrected chi connectivity index (χ0v) is 19.3. The van der Waals surface area contributed by atoms with Crippen LogP contribution in [0.4, 0.5) is 14.5 Å². The van der Waals surface area contributed by atoms with Gasteiger partial charge in [0.25, 0.3) is 6.43 Å². The third-order valence-electron chi connectivity index (χ3n) is 5.66. The van der Waals surface area contributed by atoms with E-state index in [0.29, 0.717) is 34.7 Å². The van der Waals surface area contributed by atoms with Gasteiger partial charge in [0.15, 0.2) is 5.65 Å². The molecule has 4 rings (SSSR count). The molecule has 1 aromatic carbocycles. The van der Waals surface area contributed by atoms with Crippen LogP contribution in [-0.2, 0) is 17.9 Å². The van der Waals surface area contributed by atoms with Crippen LogP contribution < -0.4 is 5.32 Å². The number of carbonyl (C=O) groups excluding carboxylic acids is 1. The van der Waals surface area contributed by atoms with Gasteiger partial charge < -0.3 is 5.32 Å². The highest BCUT2D eigenvalue weighted by molar-refractivity contribution is 5.93. The summed E-state index contributed by atoms with van der Waals surface area (Å²) in [5, 5.41) is 12.1. The summed E-state index contributed by atoms with van der Waals surface area (Å²) in [6.45, 7) is 9.50. The van der Waals surface area contributed by atoms with Gasteiger partial charge in [0.2, 0.25) is 5.91 Å². The van der Waals surface area contributed by atoms with Crippen LogP contribution in [0.15, 0.2) is 30.3 Å². The third-order valence-corrected chi connectivity index (χ3v) is 5.66. The summed E-state index contributed by atoms with van der Waals surface area (Å²) >= 11 is 0. The Morgan fingerprint density at radius 2 is 1.67 bits per heavy atom. The molecule has 0 bridgehead atoms. The van der Waals surface area contributed by atoms with E-state index in [1.54, 1.807) is 13.8 Å². The van der Waals surface area contributed by atoms with Crippen LogP contribution in [0.1, 0.15) is 45.9 Å². The first kappa shape index (κ1) is 22.6. The van der Waals surface area contributed by atoms with E-state index in [4.69, 9.17) is 0 Å². The first-order valence-electron chi connectivity index (χ1n) is 10.7. The quantitative estimate of drug-likeness (QED) is 0.456. The van der Waals surface area contributed by atoms with Crippen LogP contribution in [0.2, 0.25) is 0 Å². The molecule has 4 aromatic rings. The number of nitrogens with one attached hydrogen (secondary N) is 1. The van der Waals surface area contributed by atoms with Gasteiger partial charge in [-0.3, -0.25) is 9.48 Å².